The zero-order chi connectivity index (χ0) is 27.6. The van der Waals surface area contributed by atoms with Crippen LogP contribution in [0.3, 0.4) is 0 Å². The molecule has 0 heterocycles. The molecule has 0 saturated carbocycles. The zero-order valence-corrected chi connectivity index (χ0v) is 25.8. The summed E-state index contributed by atoms with van der Waals surface area (Å²) in [6.45, 7) is 4.53. The molecular weight excluding hydrogens is 511 g/mol. The molecule has 1 aromatic carbocycles. The van der Waals surface area contributed by atoms with Crippen molar-refractivity contribution < 1.29 is 9.59 Å². The van der Waals surface area contributed by atoms with Gasteiger partial charge in [-0.05, 0) is 48.9 Å². The van der Waals surface area contributed by atoms with Crippen LogP contribution in [0.2, 0.25) is 0 Å². The quantitative estimate of drug-likeness (QED) is 0.132. The minimum atomic E-state index is -0.318. The summed E-state index contributed by atoms with van der Waals surface area (Å²) in [6, 6.07) is 3.89. The molecule has 0 bridgehead atoms. The molecule has 0 N–H and O–H groups in total. The van der Waals surface area contributed by atoms with E-state index in [1.165, 1.54) is 127 Å². The Labute approximate surface area is 243 Å². The summed E-state index contributed by atoms with van der Waals surface area (Å²) in [4.78, 5) is 25.6. The maximum Gasteiger partial charge on any atom is 0.206 e. The Kier molecular flexibility index (Phi) is 17.3. The van der Waals surface area contributed by atoms with Crippen molar-refractivity contribution in [2.45, 2.75) is 155 Å². The molecule has 2 rings (SSSR count). The topological polar surface area (TPSA) is 34.1 Å². The van der Waals surface area contributed by atoms with Crippen molar-refractivity contribution in [2.24, 2.45) is 0 Å². The molecule has 0 radical (unpaired) electrons. The van der Waals surface area contributed by atoms with E-state index in [1.54, 1.807) is 0 Å². The van der Waals surface area contributed by atoms with Gasteiger partial charge in [0.1, 0.15) is 10.1 Å². The van der Waals surface area contributed by atoms with E-state index in [0.29, 0.717) is 11.1 Å². The predicted octanol–water partition coefficient (Wildman–Crippen LogP) is 11.7. The van der Waals surface area contributed by atoms with Crippen LogP contribution in [-0.2, 0) is 12.8 Å². The fourth-order valence-corrected chi connectivity index (χ4v) is 5.95. The third-order valence-corrected chi connectivity index (χ3v) is 8.84. The van der Waals surface area contributed by atoms with Crippen LogP contribution in [0.25, 0.3) is 0 Å². The Bertz CT molecular complexity index is 816. The molecule has 0 aromatic heterocycles. The molecule has 0 atom stereocenters. The number of aryl methyl sites for hydroxylation is 2. The van der Waals surface area contributed by atoms with Crippen molar-refractivity contribution in [2.75, 3.05) is 0 Å². The first-order valence-electron chi connectivity index (χ1n) is 15.8. The van der Waals surface area contributed by atoms with Gasteiger partial charge in [0.05, 0.1) is 0 Å². The highest BCUT2D eigenvalue weighted by Crippen LogP contribution is 2.33. The highest BCUT2D eigenvalue weighted by Gasteiger charge is 2.31. The van der Waals surface area contributed by atoms with E-state index < -0.39 is 0 Å². The van der Waals surface area contributed by atoms with Gasteiger partial charge in [0.25, 0.3) is 0 Å². The fourth-order valence-electron chi connectivity index (χ4n) is 5.57. The van der Waals surface area contributed by atoms with Gasteiger partial charge in [-0.3, -0.25) is 9.59 Å². The van der Waals surface area contributed by atoms with Gasteiger partial charge in [-0.1, -0.05) is 153 Å². The first-order valence-corrected chi connectivity index (χ1v) is 16.6. The lowest BCUT2D eigenvalue weighted by Crippen LogP contribution is -2.19. The van der Waals surface area contributed by atoms with Gasteiger partial charge < -0.3 is 0 Å². The Morgan fingerprint density at radius 3 is 1.00 bits per heavy atom. The highest BCUT2D eigenvalue weighted by molar-refractivity contribution is 6.59. The molecule has 0 saturated heterocycles. The predicted molar refractivity (Wildman–Crippen MR) is 165 cm³/mol. The minimum Gasteiger partial charge on any atom is -0.288 e. The Morgan fingerprint density at radius 1 is 0.447 bits per heavy atom. The molecule has 0 aliphatic heterocycles. The number of unbranched alkanes of at least 4 members (excludes halogenated alkanes) is 18. The molecule has 214 valence electrons. The first kappa shape index (κ1) is 33.1. The number of hydrogen-bond donors (Lipinski definition) is 0. The number of halogens is 2. The van der Waals surface area contributed by atoms with Gasteiger partial charge in [0.15, 0.2) is 0 Å². The smallest absolute Gasteiger partial charge is 0.206 e. The van der Waals surface area contributed by atoms with Crippen LogP contribution < -0.4 is 0 Å². The number of fused-ring (bicyclic) bond motifs is 1. The second-order valence-electron chi connectivity index (χ2n) is 11.3. The van der Waals surface area contributed by atoms with E-state index >= 15 is 0 Å². The summed E-state index contributed by atoms with van der Waals surface area (Å²) < 4.78 is 0. The van der Waals surface area contributed by atoms with Crippen molar-refractivity contribution in [3.05, 3.63) is 44.5 Å². The molecule has 1 aromatic rings. The van der Waals surface area contributed by atoms with Gasteiger partial charge in [-0.15, -0.1) is 0 Å². The second-order valence-corrected chi connectivity index (χ2v) is 12.1. The number of benzene rings is 1. The molecular formula is C34H52Cl2O2. The van der Waals surface area contributed by atoms with Crippen LogP contribution in [0, 0.1) is 0 Å². The number of carbonyl (C=O) groups excluding carboxylic acids is 2. The number of carbonyl (C=O) groups is 2. The molecule has 4 heteroatoms. The third-order valence-electron chi connectivity index (χ3n) is 8.02. The standard InChI is InChI=1S/C34H52Cl2O2/c1-3-5-7-9-11-13-15-17-19-21-23-27-25-29-30(34(38)32(36)31(35)33(29)37)26-28(27)24-22-20-18-16-14-12-10-8-6-4-2/h25-26H,3-24H2,1-2H3. The van der Waals surface area contributed by atoms with Crippen molar-refractivity contribution in [1.82, 2.24) is 0 Å². The number of ketones is 2. The monoisotopic (exact) mass is 562 g/mol. The van der Waals surface area contributed by atoms with Crippen molar-refractivity contribution >= 4 is 34.8 Å². The summed E-state index contributed by atoms with van der Waals surface area (Å²) in [5, 5.41) is -0.284. The lowest BCUT2D eigenvalue weighted by atomic mass is 9.86. The van der Waals surface area contributed by atoms with E-state index in [9.17, 15) is 9.59 Å². The number of allylic oxidation sites excluding steroid dienone is 2. The largest absolute Gasteiger partial charge is 0.288 e. The summed E-state index contributed by atoms with van der Waals surface area (Å²) in [5.41, 5.74) is 3.28. The van der Waals surface area contributed by atoms with Crippen LogP contribution >= 0.6 is 23.2 Å². The fraction of sp³-hybridized carbons (Fsp3) is 0.706. The van der Waals surface area contributed by atoms with Gasteiger partial charge in [-0.25, -0.2) is 0 Å². The maximum atomic E-state index is 12.8. The number of rotatable bonds is 22. The lowest BCUT2D eigenvalue weighted by molar-refractivity contribution is 0.0986. The Hall–Kier alpha value is -1.12. The van der Waals surface area contributed by atoms with E-state index in [4.69, 9.17) is 23.2 Å². The van der Waals surface area contributed by atoms with Gasteiger partial charge in [0.2, 0.25) is 11.6 Å². The molecule has 2 nitrogen and oxygen atoms in total. The number of Topliss-reactive ketones (excluding diaryl/α,β-unsaturated/α-hetero) is 2. The van der Waals surface area contributed by atoms with Crippen LogP contribution in [0.1, 0.15) is 174 Å². The van der Waals surface area contributed by atoms with Crippen LogP contribution in [0.4, 0.5) is 0 Å². The van der Waals surface area contributed by atoms with E-state index in [2.05, 4.69) is 13.8 Å². The molecule has 0 spiro atoms. The molecule has 0 amide bonds. The summed E-state index contributed by atoms with van der Waals surface area (Å²) in [7, 11) is 0. The lowest BCUT2D eigenvalue weighted by Gasteiger charge is -2.19. The van der Waals surface area contributed by atoms with Gasteiger partial charge in [-0.2, -0.15) is 0 Å². The van der Waals surface area contributed by atoms with E-state index in [-0.39, 0.29) is 21.6 Å². The Morgan fingerprint density at radius 2 is 0.711 bits per heavy atom. The van der Waals surface area contributed by atoms with Crippen LogP contribution in [-0.4, -0.2) is 11.6 Å². The average molecular weight is 564 g/mol. The normalized spacial score (nSPS) is 13.5. The maximum absolute atomic E-state index is 12.8. The van der Waals surface area contributed by atoms with Gasteiger partial charge in [0, 0.05) is 11.1 Å². The summed E-state index contributed by atoms with van der Waals surface area (Å²) in [6.07, 6.45) is 28.0. The zero-order valence-electron chi connectivity index (χ0n) is 24.3. The minimum absolute atomic E-state index is 0.142. The molecule has 1 aliphatic rings. The Balaban J connectivity index is 1.87. The van der Waals surface area contributed by atoms with Crippen molar-refractivity contribution in [3.8, 4) is 0 Å². The van der Waals surface area contributed by atoms with Crippen LogP contribution in [0.5, 0.6) is 0 Å². The average Bonchev–Trinajstić information content (AvgIpc) is 2.92. The third kappa shape index (κ3) is 11.5. The van der Waals surface area contributed by atoms with Crippen molar-refractivity contribution in [1.29, 1.82) is 0 Å². The molecule has 0 fully saturated rings. The molecule has 0 unspecified atom stereocenters. The first-order chi connectivity index (χ1) is 18.5. The molecule has 38 heavy (non-hydrogen) atoms. The molecule has 1 aliphatic carbocycles. The van der Waals surface area contributed by atoms with Crippen molar-refractivity contribution in [3.63, 3.8) is 0 Å². The summed E-state index contributed by atoms with van der Waals surface area (Å²) in [5.74, 6) is -0.637. The summed E-state index contributed by atoms with van der Waals surface area (Å²) >= 11 is 12.2. The second kappa shape index (κ2) is 19.9. The SMILES string of the molecule is CCCCCCCCCCCCc1cc2c(cc1CCCCCCCCCCCC)C(=O)C(Cl)=C(Cl)C2=O. The van der Waals surface area contributed by atoms with Gasteiger partial charge >= 0.3 is 0 Å². The van der Waals surface area contributed by atoms with E-state index in [0.717, 1.165) is 25.7 Å². The van der Waals surface area contributed by atoms with E-state index in [1.807, 2.05) is 12.1 Å². The van der Waals surface area contributed by atoms with Crippen LogP contribution in [0.15, 0.2) is 22.2 Å². The highest BCUT2D eigenvalue weighted by atomic mass is 35.5. The number of hydrogen-bond acceptors (Lipinski definition) is 2.